The SMILES string of the molecule is CC(C)NC(=O)C(C)[C@@H]1CC[C@@]2(C)CC[C@H](NC(=O)C3CC3)[C@@H](C)[C@@H]2[C@H]1O. The number of hydrogen-bond donors (Lipinski definition) is 3. The molecule has 1 unspecified atom stereocenters. The van der Waals surface area contributed by atoms with E-state index in [0.29, 0.717) is 0 Å². The summed E-state index contributed by atoms with van der Waals surface area (Å²) in [6, 6.07) is 0.256. The van der Waals surface area contributed by atoms with Crippen molar-refractivity contribution in [2.45, 2.75) is 91.3 Å². The first-order chi connectivity index (χ1) is 12.6. The van der Waals surface area contributed by atoms with E-state index < -0.39 is 6.10 Å². The van der Waals surface area contributed by atoms with Crippen molar-refractivity contribution >= 4 is 11.8 Å². The van der Waals surface area contributed by atoms with Gasteiger partial charge in [-0.3, -0.25) is 9.59 Å². The van der Waals surface area contributed by atoms with Crippen LogP contribution in [0, 0.1) is 35.0 Å². The monoisotopic (exact) mass is 378 g/mol. The van der Waals surface area contributed by atoms with Gasteiger partial charge in [0.2, 0.25) is 11.8 Å². The van der Waals surface area contributed by atoms with Crippen LogP contribution in [0.15, 0.2) is 0 Å². The molecule has 0 aromatic rings. The van der Waals surface area contributed by atoms with Gasteiger partial charge in [-0.25, -0.2) is 0 Å². The maximum absolute atomic E-state index is 12.5. The van der Waals surface area contributed by atoms with Crippen molar-refractivity contribution < 1.29 is 14.7 Å². The zero-order valence-electron chi connectivity index (χ0n) is 17.6. The quantitative estimate of drug-likeness (QED) is 0.688. The van der Waals surface area contributed by atoms with Crippen LogP contribution in [0.3, 0.4) is 0 Å². The first-order valence-electron chi connectivity index (χ1n) is 10.9. The van der Waals surface area contributed by atoms with Gasteiger partial charge in [-0.1, -0.05) is 20.8 Å². The molecule has 3 aliphatic rings. The number of aliphatic hydroxyl groups is 1. The Morgan fingerprint density at radius 2 is 1.70 bits per heavy atom. The van der Waals surface area contributed by atoms with Crippen LogP contribution in [0.5, 0.6) is 0 Å². The Hall–Kier alpha value is -1.10. The summed E-state index contributed by atoms with van der Waals surface area (Å²) in [6.07, 6.45) is 5.51. The van der Waals surface area contributed by atoms with Gasteiger partial charge in [-0.05, 0) is 75.5 Å². The van der Waals surface area contributed by atoms with Crippen molar-refractivity contribution in [3.05, 3.63) is 0 Å². The Morgan fingerprint density at radius 1 is 1.07 bits per heavy atom. The molecule has 3 rings (SSSR count). The maximum atomic E-state index is 12.5. The fraction of sp³-hybridized carbons (Fsp3) is 0.909. The second-order valence-electron chi connectivity index (χ2n) is 10.1. The molecular weight excluding hydrogens is 340 g/mol. The minimum atomic E-state index is -0.493. The van der Waals surface area contributed by atoms with E-state index in [9.17, 15) is 14.7 Å². The van der Waals surface area contributed by atoms with Crippen LogP contribution < -0.4 is 10.6 Å². The van der Waals surface area contributed by atoms with Crippen LogP contribution in [-0.2, 0) is 9.59 Å². The third-order valence-corrected chi connectivity index (χ3v) is 7.65. The maximum Gasteiger partial charge on any atom is 0.223 e. The summed E-state index contributed by atoms with van der Waals surface area (Å²) in [7, 11) is 0. The van der Waals surface area contributed by atoms with Crippen molar-refractivity contribution in [2.24, 2.45) is 35.0 Å². The molecule has 0 bridgehead atoms. The number of fused-ring (bicyclic) bond motifs is 1. The molecule has 3 saturated carbocycles. The van der Waals surface area contributed by atoms with Crippen molar-refractivity contribution in [3.8, 4) is 0 Å². The molecule has 3 aliphatic carbocycles. The van der Waals surface area contributed by atoms with E-state index in [1.807, 2.05) is 20.8 Å². The van der Waals surface area contributed by atoms with Gasteiger partial charge in [0.25, 0.3) is 0 Å². The highest BCUT2D eigenvalue weighted by molar-refractivity contribution is 5.81. The molecule has 0 spiro atoms. The second-order valence-corrected chi connectivity index (χ2v) is 10.1. The van der Waals surface area contributed by atoms with E-state index in [0.717, 1.165) is 38.5 Å². The molecule has 27 heavy (non-hydrogen) atoms. The Balaban J connectivity index is 1.72. The summed E-state index contributed by atoms with van der Waals surface area (Å²) in [5.41, 5.74) is 0.102. The molecule has 0 aromatic heterocycles. The van der Waals surface area contributed by atoms with Crippen LogP contribution >= 0.6 is 0 Å². The topological polar surface area (TPSA) is 78.4 Å². The van der Waals surface area contributed by atoms with Gasteiger partial charge >= 0.3 is 0 Å². The molecule has 5 nitrogen and oxygen atoms in total. The Morgan fingerprint density at radius 3 is 2.30 bits per heavy atom. The zero-order chi connectivity index (χ0) is 19.9. The van der Waals surface area contributed by atoms with E-state index in [2.05, 4.69) is 24.5 Å². The van der Waals surface area contributed by atoms with E-state index in [4.69, 9.17) is 0 Å². The number of amides is 2. The van der Waals surface area contributed by atoms with Gasteiger partial charge in [0, 0.05) is 23.9 Å². The van der Waals surface area contributed by atoms with Crippen LogP contribution in [-0.4, -0.2) is 35.1 Å². The highest BCUT2D eigenvalue weighted by Crippen LogP contribution is 2.55. The van der Waals surface area contributed by atoms with E-state index in [-0.39, 0.29) is 58.9 Å². The van der Waals surface area contributed by atoms with Crippen LogP contribution in [0.2, 0.25) is 0 Å². The number of aliphatic hydroxyl groups excluding tert-OH is 1. The summed E-state index contributed by atoms with van der Waals surface area (Å²) in [5.74, 6) is 0.604. The molecule has 2 amide bonds. The number of carbonyl (C=O) groups is 2. The second kappa shape index (κ2) is 7.73. The van der Waals surface area contributed by atoms with Crippen molar-refractivity contribution in [2.75, 3.05) is 0 Å². The van der Waals surface area contributed by atoms with Crippen molar-refractivity contribution in [1.29, 1.82) is 0 Å². The summed E-state index contributed by atoms with van der Waals surface area (Å²) >= 11 is 0. The van der Waals surface area contributed by atoms with Gasteiger partial charge < -0.3 is 15.7 Å². The van der Waals surface area contributed by atoms with Crippen molar-refractivity contribution in [1.82, 2.24) is 10.6 Å². The fourth-order valence-electron chi connectivity index (χ4n) is 5.75. The molecule has 5 heteroatoms. The standard InChI is InChI=1S/C22H38N2O3/c1-12(2)23-20(26)13(3)16-8-10-22(5)11-9-17(14(4)18(22)19(16)25)24-21(27)15-6-7-15/h12-19,25H,6-11H2,1-5H3,(H,23,26)(H,24,27)/t13?,14-,16+,17+,18-,19+,22+/m1/s1. The molecule has 0 aliphatic heterocycles. The lowest BCUT2D eigenvalue weighted by Gasteiger charge is -2.56. The number of carbonyl (C=O) groups excluding carboxylic acids is 2. The van der Waals surface area contributed by atoms with Crippen LogP contribution in [0.1, 0.15) is 73.1 Å². The molecule has 0 heterocycles. The predicted octanol–water partition coefficient (Wildman–Crippen LogP) is 2.87. The molecule has 0 aromatic carbocycles. The minimum Gasteiger partial charge on any atom is -0.392 e. The van der Waals surface area contributed by atoms with Crippen LogP contribution in [0.25, 0.3) is 0 Å². The van der Waals surface area contributed by atoms with Gasteiger partial charge in [-0.2, -0.15) is 0 Å². The number of rotatable bonds is 5. The Bertz CT molecular complexity index is 574. The zero-order valence-corrected chi connectivity index (χ0v) is 17.6. The average Bonchev–Trinajstić information content (AvgIpc) is 3.41. The first-order valence-corrected chi connectivity index (χ1v) is 10.9. The summed E-state index contributed by atoms with van der Waals surface area (Å²) < 4.78 is 0. The molecule has 7 atom stereocenters. The third-order valence-electron chi connectivity index (χ3n) is 7.65. The molecule has 3 N–H and O–H groups in total. The van der Waals surface area contributed by atoms with Gasteiger partial charge in [0.15, 0.2) is 0 Å². The molecule has 0 saturated heterocycles. The predicted molar refractivity (Wildman–Crippen MR) is 106 cm³/mol. The Kier molecular flexibility index (Phi) is 5.90. The lowest BCUT2D eigenvalue weighted by Crippen LogP contribution is -2.58. The Labute approximate surface area is 164 Å². The lowest BCUT2D eigenvalue weighted by atomic mass is 9.51. The number of hydrogen-bond acceptors (Lipinski definition) is 3. The summed E-state index contributed by atoms with van der Waals surface area (Å²) in [4.78, 5) is 24.8. The summed E-state index contributed by atoms with van der Waals surface area (Å²) in [6.45, 7) is 10.4. The van der Waals surface area contributed by atoms with Gasteiger partial charge in [0.05, 0.1) is 6.10 Å². The molecular formula is C22H38N2O3. The normalized spacial score (nSPS) is 40.2. The van der Waals surface area contributed by atoms with Crippen molar-refractivity contribution in [3.63, 3.8) is 0 Å². The average molecular weight is 379 g/mol. The molecule has 154 valence electrons. The largest absolute Gasteiger partial charge is 0.392 e. The highest BCUT2D eigenvalue weighted by atomic mass is 16.3. The lowest BCUT2D eigenvalue weighted by molar-refractivity contribution is -0.144. The smallest absolute Gasteiger partial charge is 0.223 e. The van der Waals surface area contributed by atoms with Gasteiger partial charge in [0.1, 0.15) is 0 Å². The van der Waals surface area contributed by atoms with E-state index >= 15 is 0 Å². The first kappa shape index (κ1) is 20.6. The van der Waals surface area contributed by atoms with Crippen LogP contribution in [0.4, 0.5) is 0 Å². The molecule has 3 fully saturated rings. The number of nitrogens with one attached hydrogen (secondary N) is 2. The summed E-state index contributed by atoms with van der Waals surface area (Å²) in [5, 5.41) is 17.6. The van der Waals surface area contributed by atoms with Gasteiger partial charge in [-0.15, -0.1) is 0 Å². The molecule has 0 radical (unpaired) electrons. The minimum absolute atomic E-state index is 0.0119. The fourth-order valence-corrected chi connectivity index (χ4v) is 5.75. The third kappa shape index (κ3) is 4.18. The highest BCUT2D eigenvalue weighted by Gasteiger charge is 2.54. The van der Waals surface area contributed by atoms with E-state index in [1.54, 1.807) is 0 Å². The van der Waals surface area contributed by atoms with E-state index in [1.165, 1.54) is 0 Å².